The molecule has 1 N–H and O–H groups in total. The molecule has 0 aliphatic carbocycles. The molecule has 0 aliphatic rings. The molecule has 1 unspecified atom stereocenters. The lowest BCUT2D eigenvalue weighted by molar-refractivity contribution is -0.146. The lowest BCUT2D eigenvalue weighted by Gasteiger charge is -2.16. The Balaban J connectivity index is 2.06. The monoisotopic (exact) mass is 367 g/mol. The van der Waals surface area contributed by atoms with Crippen LogP contribution in [-0.4, -0.2) is 31.6 Å². The minimum Gasteiger partial charge on any atom is -0.497 e. The van der Waals surface area contributed by atoms with Crippen LogP contribution in [0, 0.1) is 6.92 Å². The van der Waals surface area contributed by atoms with Crippen molar-refractivity contribution in [3.8, 4) is 5.75 Å². The first-order chi connectivity index (χ1) is 13.0. The number of methoxy groups -OCH3 is 1. The van der Waals surface area contributed by atoms with Gasteiger partial charge in [0.1, 0.15) is 11.8 Å². The van der Waals surface area contributed by atoms with Crippen molar-refractivity contribution >= 4 is 18.0 Å². The SMILES string of the molecule is CCOC(=O)C(Cc1ccc(C)cc1)NC(=O)C=Cc1cccc(OC)c1. The Morgan fingerprint density at radius 1 is 1.15 bits per heavy atom. The van der Waals surface area contributed by atoms with Crippen LogP contribution < -0.4 is 10.1 Å². The summed E-state index contributed by atoms with van der Waals surface area (Å²) < 4.78 is 10.3. The number of amides is 1. The normalized spacial score (nSPS) is 11.8. The zero-order valence-electron chi connectivity index (χ0n) is 15.9. The lowest BCUT2D eigenvalue weighted by Crippen LogP contribution is -2.42. The van der Waals surface area contributed by atoms with Crippen molar-refractivity contribution < 1.29 is 19.1 Å². The van der Waals surface area contributed by atoms with Crippen molar-refractivity contribution in [2.75, 3.05) is 13.7 Å². The summed E-state index contributed by atoms with van der Waals surface area (Å²) in [6.07, 6.45) is 3.44. The molecule has 142 valence electrons. The molecule has 1 amide bonds. The minimum atomic E-state index is -0.741. The van der Waals surface area contributed by atoms with Crippen LogP contribution in [-0.2, 0) is 20.7 Å². The Morgan fingerprint density at radius 3 is 2.56 bits per heavy atom. The van der Waals surface area contributed by atoms with Gasteiger partial charge in [-0.2, -0.15) is 0 Å². The van der Waals surface area contributed by atoms with Crippen LogP contribution in [0.5, 0.6) is 5.75 Å². The minimum absolute atomic E-state index is 0.263. The van der Waals surface area contributed by atoms with Crippen molar-refractivity contribution in [1.29, 1.82) is 0 Å². The van der Waals surface area contributed by atoms with Gasteiger partial charge >= 0.3 is 5.97 Å². The van der Waals surface area contributed by atoms with Gasteiger partial charge in [0.15, 0.2) is 0 Å². The van der Waals surface area contributed by atoms with E-state index in [1.807, 2.05) is 55.5 Å². The Hall–Kier alpha value is -3.08. The molecule has 5 heteroatoms. The van der Waals surface area contributed by atoms with Gasteiger partial charge in [-0.25, -0.2) is 4.79 Å². The molecule has 2 rings (SSSR count). The molecule has 2 aromatic carbocycles. The molecule has 0 radical (unpaired) electrons. The number of carbonyl (C=O) groups excluding carboxylic acids is 2. The highest BCUT2D eigenvalue weighted by Gasteiger charge is 2.21. The second-order valence-corrected chi connectivity index (χ2v) is 6.11. The van der Waals surface area contributed by atoms with E-state index in [0.29, 0.717) is 12.2 Å². The van der Waals surface area contributed by atoms with E-state index in [0.717, 1.165) is 16.7 Å². The fourth-order valence-corrected chi connectivity index (χ4v) is 2.53. The summed E-state index contributed by atoms with van der Waals surface area (Å²) in [4.78, 5) is 24.5. The zero-order valence-corrected chi connectivity index (χ0v) is 15.9. The highest BCUT2D eigenvalue weighted by molar-refractivity contribution is 5.94. The quantitative estimate of drug-likeness (QED) is 0.574. The van der Waals surface area contributed by atoms with Gasteiger partial charge in [-0.1, -0.05) is 42.0 Å². The number of hydrogen-bond donors (Lipinski definition) is 1. The van der Waals surface area contributed by atoms with E-state index in [9.17, 15) is 9.59 Å². The first-order valence-corrected chi connectivity index (χ1v) is 8.86. The molecule has 0 aliphatic heterocycles. The molecule has 2 aromatic rings. The Kier molecular flexibility index (Phi) is 7.62. The first-order valence-electron chi connectivity index (χ1n) is 8.86. The number of rotatable bonds is 8. The predicted octanol–water partition coefficient (Wildman–Crippen LogP) is 3.31. The van der Waals surface area contributed by atoms with Gasteiger partial charge in [0, 0.05) is 12.5 Å². The molecule has 0 saturated heterocycles. The highest BCUT2D eigenvalue weighted by atomic mass is 16.5. The van der Waals surface area contributed by atoms with Gasteiger partial charge in [-0.15, -0.1) is 0 Å². The summed E-state index contributed by atoms with van der Waals surface area (Å²) in [6, 6.07) is 14.4. The summed E-state index contributed by atoms with van der Waals surface area (Å²) in [6.45, 7) is 4.00. The number of hydrogen-bond acceptors (Lipinski definition) is 4. The summed E-state index contributed by atoms with van der Waals surface area (Å²) in [5.74, 6) is -0.0921. The van der Waals surface area contributed by atoms with E-state index in [-0.39, 0.29) is 12.5 Å². The van der Waals surface area contributed by atoms with Crippen LogP contribution in [0.3, 0.4) is 0 Å². The maximum atomic E-state index is 12.3. The molecule has 0 aromatic heterocycles. The smallest absolute Gasteiger partial charge is 0.328 e. The van der Waals surface area contributed by atoms with E-state index in [1.165, 1.54) is 6.08 Å². The number of nitrogens with one attached hydrogen (secondary N) is 1. The Labute approximate surface area is 160 Å². The van der Waals surface area contributed by atoms with E-state index < -0.39 is 12.0 Å². The standard InChI is InChI=1S/C22H25NO4/c1-4-27-22(25)20(15-18-10-8-16(2)9-11-18)23-21(24)13-12-17-6-5-7-19(14-17)26-3/h5-14,20H,4,15H2,1-3H3,(H,23,24). The van der Waals surface area contributed by atoms with Crippen molar-refractivity contribution in [1.82, 2.24) is 5.32 Å². The third kappa shape index (κ3) is 6.62. The molecule has 1 atom stereocenters. The number of aryl methyl sites for hydroxylation is 1. The molecule has 27 heavy (non-hydrogen) atoms. The molecule has 0 fully saturated rings. The molecular weight excluding hydrogens is 342 g/mol. The fourth-order valence-electron chi connectivity index (χ4n) is 2.53. The number of carbonyl (C=O) groups is 2. The maximum absolute atomic E-state index is 12.3. The number of benzene rings is 2. The Bertz CT molecular complexity index is 796. The van der Waals surface area contributed by atoms with Crippen molar-refractivity contribution in [2.24, 2.45) is 0 Å². The largest absolute Gasteiger partial charge is 0.497 e. The van der Waals surface area contributed by atoms with E-state index in [2.05, 4.69) is 5.32 Å². The van der Waals surface area contributed by atoms with E-state index >= 15 is 0 Å². The molecule has 5 nitrogen and oxygen atoms in total. The van der Waals surface area contributed by atoms with Crippen LogP contribution in [0.2, 0.25) is 0 Å². The fraction of sp³-hybridized carbons (Fsp3) is 0.273. The van der Waals surface area contributed by atoms with Crippen molar-refractivity contribution in [2.45, 2.75) is 26.3 Å². The van der Waals surface area contributed by atoms with Crippen LogP contribution in [0.4, 0.5) is 0 Å². The predicted molar refractivity (Wildman–Crippen MR) is 105 cm³/mol. The average Bonchev–Trinajstić information content (AvgIpc) is 2.68. The van der Waals surface area contributed by atoms with Crippen LogP contribution in [0.25, 0.3) is 6.08 Å². The summed E-state index contributed by atoms with van der Waals surface area (Å²) in [5.41, 5.74) is 2.92. The zero-order chi connectivity index (χ0) is 19.6. The topological polar surface area (TPSA) is 64.6 Å². The Morgan fingerprint density at radius 2 is 1.89 bits per heavy atom. The van der Waals surface area contributed by atoms with Crippen molar-refractivity contribution in [3.63, 3.8) is 0 Å². The summed E-state index contributed by atoms with van der Waals surface area (Å²) in [5, 5.41) is 2.73. The van der Waals surface area contributed by atoms with Crippen LogP contribution >= 0.6 is 0 Å². The third-order valence-corrected chi connectivity index (χ3v) is 3.97. The van der Waals surface area contributed by atoms with Crippen LogP contribution in [0.15, 0.2) is 54.6 Å². The van der Waals surface area contributed by atoms with Crippen molar-refractivity contribution in [3.05, 3.63) is 71.3 Å². The third-order valence-electron chi connectivity index (χ3n) is 3.97. The second kappa shape index (κ2) is 10.2. The van der Waals surface area contributed by atoms with Gasteiger partial charge in [0.05, 0.1) is 13.7 Å². The second-order valence-electron chi connectivity index (χ2n) is 6.11. The van der Waals surface area contributed by atoms with Gasteiger partial charge in [0.25, 0.3) is 0 Å². The summed E-state index contributed by atoms with van der Waals surface area (Å²) >= 11 is 0. The average molecular weight is 367 g/mol. The van der Waals surface area contributed by atoms with E-state index in [1.54, 1.807) is 20.1 Å². The summed E-state index contributed by atoms with van der Waals surface area (Å²) in [7, 11) is 1.59. The lowest BCUT2D eigenvalue weighted by atomic mass is 10.0. The number of ether oxygens (including phenoxy) is 2. The van der Waals surface area contributed by atoms with E-state index in [4.69, 9.17) is 9.47 Å². The van der Waals surface area contributed by atoms with Gasteiger partial charge in [-0.05, 0) is 43.2 Å². The molecule has 0 heterocycles. The van der Waals surface area contributed by atoms with Crippen LogP contribution in [0.1, 0.15) is 23.6 Å². The number of esters is 1. The van der Waals surface area contributed by atoms with Gasteiger partial charge < -0.3 is 14.8 Å². The molecule has 0 bridgehead atoms. The molecular formula is C22H25NO4. The molecule has 0 spiro atoms. The van der Waals surface area contributed by atoms with Gasteiger partial charge in [0.2, 0.25) is 5.91 Å². The first kappa shape index (κ1) is 20.2. The maximum Gasteiger partial charge on any atom is 0.328 e. The highest BCUT2D eigenvalue weighted by Crippen LogP contribution is 2.13. The van der Waals surface area contributed by atoms with Gasteiger partial charge in [-0.3, -0.25) is 4.79 Å². The molecule has 0 saturated carbocycles.